The topological polar surface area (TPSA) is 36.1 Å². The van der Waals surface area contributed by atoms with Crippen LogP contribution in [0, 0.1) is 25.2 Å². The molecule has 0 bridgehead atoms. The zero-order valence-electron chi connectivity index (χ0n) is 10.4. The molecule has 0 saturated heterocycles. The first kappa shape index (κ1) is 12.5. The lowest BCUT2D eigenvalue weighted by atomic mass is 10.1. The number of thiophene rings is 1. The van der Waals surface area contributed by atoms with Crippen LogP contribution < -0.4 is 0 Å². The number of benzene rings is 1. The highest BCUT2D eigenvalue weighted by molar-refractivity contribution is 7.08. The average molecular weight is 254 g/mol. The first-order valence-electron chi connectivity index (χ1n) is 5.74. The Morgan fingerprint density at radius 2 is 2.11 bits per heavy atom. The minimum atomic E-state index is -0.266. The molecule has 0 amide bonds. The summed E-state index contributed by atoms with van der Waals surface area (Å²) < 4.78 is 0. The molecule has 0 fully saturated rings. The Bertz CT molecular complexity index is 591. The molecule has 0 N–H and O–H groups in total. The number of aryl methyl sites for hydroxylation is 2. The molecule has 1 atom stereocenters. The van der Waals surface area contributed by atoms with Crippen LogP contribution in [0.3, 0.4) is 0 Å². The van der Waals surface area contributed by atoms with Crippen molar-refractivity contribution in [2.75, 3.05) is 0 Å². The molecule has 0 spiro atoms. The molecule has 0 radical (unpaired) electrons. The Balaban J connectivity index is 2.19. The lowest BCUT2D eigenvalue weighted by Crippen LogP contribution is -1.94. The van der Waals surface area contributed by atoms with E-state index < -0.39 is 0 Å². The Hall–Kier alpha value is -1.92. The molecule has 3 heteroatoms. The van der Waals surface area contributed by atoms with Gasteiger partial charge in [0.2, 0.25) is 0 Å². The van der Waals surface area contributed by atoms with Gasteiger partial charge in [0.1, 0.15) is 5.92 Å². The van der Waals surface area contributed by atoms with Crippen LogP contribution in [0.1, 0.15) is 22.6 Å². The van der Waals surface area contributed by atoms with Gasteiger partial charge in [-0.25, -0.2) is 0 Å². The van der Waals surface area contributed by atoms with Gasteiger partial charge in [0, 0.05) is 6.21 Å². The Kier molecular flexibility index (Phi) is 3.91. The Morgan fingerprint density at radius 3 is 2.72 bits per heavy atom. The van der Waals surface area contributed by atoms with E-state index >= 15 is 0 Å². The highest BCUT2D eigenvalue weighted by Gasteiger charge is 2.07. The van der Waals surface area contributed by atoms with Crippen molar-refractivity contribution in [1.29, 1.82) is 5.26 Å². The molecule has 0 aliphatic heterocycles. The number of rotatable bonds is 3. The summed E-state index contributed by atoms with van der Waals surface area (Å²) in [6.45, 7) is 4.14. The second-order valence-corrected chi connectivity index (χ2v) is 4.99. The summed E-state index contributed by atoms with van der Waals surface area (Å²) in [5.74, 6) is -0.266. The smallest absolute Gasteiger partial charge is 0.107 e. The van der Waals surface area contributed by atoms with Crippen LogP contribution in [0.25, 0.3) is 0 Å². The van der Waals surface area contributed by atoms with E-state index in [0.717, 1.165) is 11.3 Å². The molecule has 2 nitrogen and oxygen atoms in total. The fourth-order valence-corrected chi connectivity index (χ4v) is 2.31. The van der Waals surface area contributed by atoms with E-state index in [4.69, 9.17) is 5.26 Å². The van der Waals surface area contributed by atoms with E-state index in [1.54, 1.807) is 17.6 Å². The van der Waals surface area contributed by atoms with Gasteiger partial charge in [-0.2, -0.15) is 16.6 Å². The number of hydrogen-bond acceptors (Lipinski definition) is 3. The number of nitriles is 1. The Labute approximate surface area is 111 Å². The van der Waals surface area contributed by atoms with Gasteiger partial charge in [-0.3, -0.25) is 4.99 Å². The standard InChI is InChI=1S/C15H14N2S/c1-11-3-4-15(7-12(11)2)17-9-14(8-16)13-5-6-18-10-13/h3-7,9-10,14H,1-2H3. The zero-order valence-corrected chi connectivity index (χ0v) is 11.2. The SMILES string of the molecule is Cc1ccc(N=CC(C#N)c2ccsc2)cc1C. The predicted molar refractivity (Wildman–Crippen MR) is 76.7 cm³/mol. The summed E-state index contributed by atoms with van der Waals surface area (Å²) in [5, 5.41) is 13.1. The third kappa shape index (κ3) is 2.85. The fraction of sp³-hybridized carbons (Fsp3) is 0.200. The van der Waals surface area contributed by atoms with Gasteiger partial charge in [0.25, 0.3) is 0 Å². The number of hydrogen-bond donors (Lipinski definition) is 0. The third-order valence-corrected chi connectivity index (χ3v) is 3.61. The van der Waals surface area contributed by atoms with E-state index in [0.29, 0.717) is 0 Å². The van der Waals surface area contributed by atoms with Crippen molar-refractivity contribution in [3.8, 4) is 6.07 Å². The monoisotopic (exact) mass is 254 g/mol. The molecular weight excluding hydrogens is 240 g/mol. The average Bonchev–Trinajstić information content (AvgIpc) is 2.88. The van der Waals surface area contributed by atoms with Crippen molar-refractivity contribution in [3.63, 3.8) is 0 Å². The van der Waals surface area contributed by atoms with E-state index in [1.165, 1.54) is 11.1 Å². The van der Waals surface area contributed by atoms with Crippen LogP contribution >= 0.6 is 11.3 Å². The highest BCUT2D eigenvalue weighted by atomic mass is 32.1. The molecule has 2 aromatic rings. The third-order valence-electron chi connectivity index (χ3n) is 2.90. The van der Waals surface area contributed by atoms with Crippen molar-refractivity contribution >= 4 is 23.2 Å². The van der Waals surface area contributed by atoms with Gasteiger partial charge in [-0.05, 0) is 59.5 Å². The van der Waals surface area contributed by atoms with Gasteiger partial charge >= 0.3 is 0 Å². The summed E-state index contributed by atoms with van der Waals surface area (Å²) in [7, 11) is 0. The molecule has 0 saturated carbocycles. The molecule has 90 valence electrons. The lowest BCUT2D eigenvalue weighted by Gasteiger charge is -2.02. The summed E-state index contributed by atoms with van der Waals surface area (Å²) in [6, 6.07) is 10.3. The largest absolute Gasteiger partial charge is 0.259 e. The molecule has 1 unspecified atom stereocenters. The highest BCUT2D eigenvalue weighted by Crippen LogP contribution is 2.20. The maximum atomic E-state index is 9.14. The summed E-state index contributed by atoms with van der Waals surface area (Å²) in [5.41, 5.74) is 4.38. The number of nitrogens with zero attached hydrogens (tertiary/aromatic N) is 2. The van der Waals surface area contributed by atoms with Gasteiger partial charge < -0.3 is 0 Å². The Morgan fingerprint density at radius 1 is 1.28 bits per heavy atom. The van der Waals surface area contributed by atoms with Crippen LogP contribution in [-0.2, 0) is 0 Å². The second-order valence-electron chi connectivity index (χ2n) is 4.21. The van der Waals surface area contributed by atoms with E-state index in [2.05, 4.69) is 24.9 Å². The van der Waals surface area contributed by atoms with Gasteiger partial charge in [-0.1, -0.05) is 6.07 Å². The zero-order chi connectivity index (χ0) is 13.0. The summed E-state index contributed by atoms with van der Waals surface area (Å²) in [6.07, 6.45) is 1.71. The van der Waals surface area contributed by atoms with Crippen molar-refractivity contribution in [3.05, 3.63) is 51.7 Å². The van der Waals surface area contributed by atoms with Crippen LogP contribution in [0.15, 0.2) is 40.0 Å². The van der Waals surface area contributed by atoms with Gasteiger partial charge in [-0.15, -0.1) is 0 Å². The van der Waals surface area contributed by atoms with Crippen molar-refractivity contribution in [2.24, 2.45) is 4.99 Å². The maximum Gasteiger partial charge on any atom is 0.107 e. The second kappa shape index (κ2) is 5.61. The van der Waals surface area contributed by atoms with Crippen molar-refractivity contribution in [1.82, 2.24) is 0 Å². The first-order chi connectivity index (χ1) is 8.70. The summed E-state index contributed by atoms with van der Waals surface area (Å²) in [4.78, 5) is 4.39. The molecular formula is C15H14N2S. The maximum absolute atomic E-state index is 9.14. The fourth-order valence-electron chi connectivity index (χ4n) is 1.61. The number of aliphatic imine (C=N–C) groups is 1. The lowest BCUT2D eigenvalue weighted by molar-refractivity contribution is 1.18. The van der Waals surface area contributed by atoms with E-state index in [9.17, 15) is 0 Å². The molecule has 1 aromatic carbocycles. The quantitative estimate of drug-likeness (QED) is 0.749. The predicted octanol–water partition coefficient (Wildman–Crippen LogP) is 4.37. The van der Waals surface area contributed by atoms with Crippen LogP contribution in [0.4, 0.5) is 5.69 Å². The molecule has 1 heterocycles. The molecule has 1 aromatic heterocycles. The minimum Gasteiger partial charge on any atom is -0.259 e. The minimum absolute atomic E-state index is 0.266. The van der Waals surface area contributed by atoms with Crippen LogP contribution in [-0.4, -0.2) is 6.21 Å². The molecule has 0 aliphatic rings. The molecule has 0 aliphatic carbocycles. The summed E-state index contributed by atoms with van der Waals surface area (Å²) >= 11 is 1.60. The van der Waals surface area contributed by atoms with E-state index in [-0.39, 0.29) is 5.92 Å². The normalized spacial score (nSPS) is 12.5. The van der Waals surface area contributed by atoms with Crippen LogP contribution in [0.2, 0.25) is 0 Å². The first-order valence-corrected chi connectivity index (χ1v) is 6.68. The van der Waals surface area contributed by atoms with Crippen molar-refractivity contribution < 1.29 is 0 Å². The van der Waals surface area contributed by atoms with Crippen LogP contribution in [0.5, 0.6) is 0 Å². The molecule has 2 rings (SSSR count). The van der Waals surface area contributed by atoms with Gasteiger partial charge in [0.05, 0.1) is 11.8 Å². The molecule has 18 heavy (non-hydrogen) atoms. The van der Waals surface area contributed by atoms with Crippen molar-refractivity contribution in [2.45, 2.75) is 19.8 Å². The van der Waals surface area contributed by atoms with E-state index in [1.807, 2.05) is 35.0 Å². The van der Waals surface area contributed by atoms with Gasteiger partial charge in [0.15, 0.2) is 0 Å².